The normalized spacial score (nSPS) is 22.0. The van der Waals surface area contributed by atoms with Gasteiger partial charge in [0.25, 0.3) is 0 Å². The van der Waals surface area contributed by atoms with Crippen LogP contribution in [0.25, 0.3) is 0 Å². The Balaban J connectivity index is 2.08. The van der Waals surface area contributed by atoms with Crippen LogP contribution in [0, 0.1) is 18.6 Å². The summed E-state index contributed by atoms with van der Waals surface area (Å²) in [5, 5.41) is 25.4. The summed E-state index contributed by atoms with van der Waals surface area (Å²) in [6, 6.07) is 3.24. The lowest BCUT2D eigenvalue weighted by Crippen LogP contribution is -2.36. The Morgan fingerprint density at radius 1 is 1.43 bits per heavy atom. The molecule has 0 unspecified atom stereocenters. The van der Waals surface area contributed by atoms with Crippen LogP contribution in [0.1, 0.15) is 55.0 Å². The van der Waals surface area contributed by atoms with E-state index < -0.39 is 28.9 Å². The number of carboxylic acid groups (broad SMARTS) is 1. The molecule has 0 radical (unpaired) electrons. The van der Waals surface area contributed by atoms with E-state index in [2.05, 4.69) is 15.5 Å². The molecule has 1 amide bonds. The number of nitrogens with zero attached hydrogens (tertiary/aromatic N) is 2. The van der Waals surface area contributed by atoms with Crippen molar-refractivity contribution in [2.45, 2.75) is 56.9 Å². The van der Waals surface area contributed by atoms with Crippen molar-refractivity contribution in [3.05, 3.63) is 52.4 Å². The Bertz CT molecular complexity index is 1000. The van der Waals surface area contributed by atoms with E-state index in [4.69, 9.17) is 4.52 Å². The molecule has 10 heteroatoms. The molecule has 0 fully saturated rings. The van der Waals surface area contributed by atoms with Crippen LogP contribution in [0.3, 0.4) is 0 Å². The van der Waals surface area contributed by atoms with Crippen LogP contribution in [0.15, 0.2) is 27.7 Å². The highest BCUT2D eigenvalue weighted by Crippen LogP contribution is 2.49. The average molecular weight is 439 g/mol. The van der Waals surface area contributed by atoms with Crippen molar-refractivity contribution in [1.82, 2.24) is 10.5 Å². The molecule has 0 aliphatic carbocycles. The molecule has 1 aromatic carbocycles. The number of halogens is 2. The zero-order valence-electron chi connectivity index (χ0n) is 17.0. The summed E-state index contributed by atoms with van der Waals surface area (Å²) < 4.78 is 33.5. The summed E-state index contributed by atoms with van der Waals surface area (Å²) in [7, 11) is 0. The topological polar surface area (TPSA) is 108 Å². The standard InChI is InChI=1S/C20H23F2N3O4S/c1-10-16(14(29-25-10)8-19(2,3)28)15-9-20(4,24-17(30-15)23-18(26)27)12-6-5-11(21)7-13(12)22/h5-7,15,28H,8-9H2,1-4H3,(H,23,24)(H,26,27)/t15-,20-/m0/s1. The monoisotopic (exact) mass is 439 g/mol. The number of aromatic nitrogens is 1. The van der Waals surface area contributed by atoms with Crippen LogP contribution in [-0.4, -0.2) is 32.2 Å². The number of amidine groups is 1. The Kier molecular flexibility index (Phi) is 5.92. The maximum Gasteiger partial charge on any atom is 0.410 e. The van der Waals surface area contributed by atoms with E-state index >= 15 is 0 Å². The molecule has 2 aromatic rings. The number of aliphatic imine (C=N–C) groups is 1. The fourth-order valence-corrected chi connectivity index (χ4v) is 5.09. The van der Waals surface area contributed by atoms with Crippen molar-refractivity contribution < 1.29 is 28.3 Å². The molecule has 2 atom stereocenters. The summed E-state index contributed by atoms with van der Waals surface area (Å²) in [6.45, 7) is 6.69. The van der Waals surface area contributed by atoms with Gasteiger partial charge < -0.3 is 14.7 Å². The van der Waals surface area contributed by atoms with Crippen molar-refractivity contribution in [2.24, 2.45) is 4.99 Å². The first kappa shape index (κ1) is 22.2. The van der Waals surface area contributed by atoms with Gasteiger partial charge in [-0.2, -0.15) is 0 Å². The lowest BCUT2D eigenvalue weighted by atomic mass is 9.84. The van der Waals surface area contributed by atoms with Gasteiger partial charge in [-0.05, 0) is 40.2 Å². The zero-order chi connectivity index (χ0) is 22.3. The Morgan fingerprint density at radius 3 is 2.73 bits per heavy atom. The number of amides is 1. The number of hydrogen-bond donors (Lipinski definition) is 3. The minimum Gasteiger partial charge on any atom is -0.465 e. The van der Waals surface area contributed by atoms with Gasteiger partial charge in [-0.25, -0.2) is 13.6 Å². The fourth-order valence-electron chi connectivity index (χ4n) is 3.60. The first-order valence-electron chi connectivity index (χ1n) is 9.27. The van der Waals surface area contributed by atoms with Gasteiger partial charge in [0.05, 0.1) is 16.8 Å². The van der Waals surface area contributed by atoms with E-state index in [0.717, 1.165) is 23.9 Å². The highest BCUT2D eigenvalue weighted by molar-refractivity contribution is 8.14. The second-order valence-corrected chi connectivity index (χ2v) is 9.34. The van der Waals surface area contributed by atoms with Gasteiger partial charge in [0.1, 0.15) is 17.4 Å². The summed E-state index contributed by atoms with van der Waals surface area (Å²) in [6.07, 6.45) is -0.824. The number of nitrogens with one attached hydrogen (secondary N) is 1. The van der Waals surface area contributed by atoms with Crippen LogP contribution in [0.4, 0.5) is 13.6 Å². The Morgan fingerprint density at radius 2 is 2.13 bits per heavy atom. The maximum atomic E-state index is 14.6. The third-order valence-electron chi connectivity index (χ3n) is 4.81. The third-order valence-corrected chi connectivity index (χ3v) is 5.91. The highest BCUT2D eigenvalue weighted by atomic mass is 32.2. The van der Waals surface area contributed by atoms with Crippen molar-refractivity contribution >= 4 is 23.0 Å². The summed E-state index contributed by atoms with van der Waals surface area (Å²) in [5.41, 5.74) is -0.776. The molecule has 0 bridgehead atoms. The summed E-state index contributed by atoms with van der Waals surface area (Å²) in [5.74, 6) is -1.01. The van der Waals surface area contributed by atoms with Crippen LogP contribution in [0.2, 0.25) is 0 Å². The van der Waals surface area contributed by atoms with Crippen LogP contribution in [-0.2, 0) is 12.0 Å². The summed E-state index contributed by atoms with van der Waals surface area (Å²) >= 11 is 1.16. The second-order valence-electron chi connectivity index (χ2n) is 8.15. The van der Waals surface area contributed by atoms with Crippen LogP contribution < -0.4 is 5.32 Å². The minimum atomic E-state index is -1.30. The molecular formula is C20H23F2N3O4S. The van der Waals surface area contributed by atoms with Gasteiger partial charge in [0.15, 0.2) is 5.17 Å². The van der Waals surface area contributed by atoms with Gasteiger partial charge in [0.2, 0.25) is 0 Å². The minimum absolute atomic E-state index is 0.0831. The number of rotatable bonds is 4. The molecule has 30 heavy (non-hydrogen) atoms. The summed E-state index contributed by atoms with van der Waals surface area (Å²) in [4.78, 5) is 15.7. The van der Waals surface area contributed by atoms with Crippen LogP contribution in [0.5, 0.6) is 0 Å². The number of thioether (sulfide) groups is 1. The molecule has 1 aliphatic rings. The average Bonchev–Trinajstić information content (AvgIpc) is 2.91. The number of hydrogen-bond acceptors (Lipinski definition) is 6. The molecule has 7 nitrogen and oxygen atoms in total. The predicted molar refractivity (Wildman–Crippen MR) is 108 cm³/mol. The van der Waals surface area contributed by atoms with E-state index in [1.807, 2.05) is 0 Å². The zero-order valence-corrected chi connectivity index (χ0v) is 17.8. The van der Waals surface area contributed by atoms with Crippen molar-refractivity contribution in [1.29, 1.82) is 0 Å². The van der Waals surface area contributed by atoms with Gasteiger partial charge in [-0.1, -0.05) is 23.0 Å². The lowest BCUT2D eigenvalue weighted by Gasteiger charge is -2.35. The molecule has 3 rings (SSSR count). The third kappa shape index (κ3) is 4.81. The lowest BCUT2D eigenvalue weighted by molar-refractivity contribution is 0.0729. The quantitative estimate of drug-likeness (QED) is 0.656. The Labute approximate surface area is 176 Å². The van der Waals surface area contributed by atoms with E-state index in [1.165, 1.54) is 6.07 Å². The SMILES string of the molecule is Cc1noc(CC(C)(C)O)c1[C@@H]1C[C@@](C)(c2ccc(F)cc2F)N=C(NC(=O)O)S1. The van der Waals surface area contributed by atoms with Gasteiger partial charge in [-0.3, -0.25) is 10.3 Å². The van der Waals surface area contributed by atoms with Gasteiger partial charge >= 0.3 is 6.09 Å². The molecule has 162 valence electrons. The molecule has 3 N–H and O–H groups in total. The van der Waals surface area contributed by atoms with Crippen molar-refractivity contribution in [2.75, 3.05) is 0 Å². The van der Waals surface area contributed by atoms with Crippen molar-refractivity contribution in [3.63, 3.8) is 0 Å². The largest absolute Gasteiger partial charge is 0.465 e. The molecule has 1 aromatic heterocycles. The number of aryl methyl sites for hydroxylation is 1. The van der Waals surface area contributed by atoms with Gasteiger partial charge in [-0.15, -0.1) is 0 Å². The highest BCUT2D eigenvalue weighted by Gasteiger charge is 2.41. The van der Waals surface area contributed by atoms with E-state index in [-0.39, 0.29) is 28.8 Å². The van der Waals surface area contributed by atoms with E-state index in [9.17, 15) is 23.8 Å². The number of benzene rings is 1. The van der Waals surface area contributed by atoms with E-state index in [0.29, 0.717) is 17.0 Å². The second kappa shape index (κ2) is 7.99. The molecule has 1 aliphatic heterocycles. The van der Waals surface area contributed by atoms with Crippen LogP contribution >= 0.6 is 11.8 Å². The molecule has 0 saturated carbocycles. The van der Waals surface area contributed by atoms with Gasteiger partial charge in [0, 0.05) is 28.9 Å². The first-order valence-corrected chi connectivity index (χ1v) is 10.2. The number of aliphatic hydroxyl groups is 1. The van der Waals surface area contributed by atoms with Crippen molar-refractivity contribution in [3.8, 4) is 0 Å². The molecule has 2 heterocycles. The smallest absolute Gasteiger partial charge is 0.410 e. The fraction of sp³-hybridized carbons (Fsp3) is 0.450. The predicted octanol–water partition coefficient (Wildman–Crippen LogP) is 4.29. The molecule has 0 saturated heterocycles. The Hall–Kier alpha value is -2.46. The molecule has 0 spiro atoms. The first-order chi connectivity index (χ1) is 13.9. The maximum absolute atomic E-state index is 14.6. The molecular weight excluding hydrogens is 416 g/mol. The van der Waals surface area contributed by atoms with E-state index in [1.54, 1.807) is 27.7 Å². The number of carbonyl (C=O) groups is 1.